The number of nitrogens with zero attached hydrogens (tertiary/aromatic N) is 4. The third-order valence-corrected chi connectivity index (χ3v) is 3.12. The number of hydrazine groups is 1. The normalized spacial score (nSPS) is 17.2. The number of nitrogens with one attached hydrogen (secondary N) is 1. The summed E-state index contributed by atoms with van der Waals surface area (Å²) in [5, 5.41) is 0. The highest BCUT2D eigenvalue weighted by molar-refractivity contribution is 5.49. The first kappa shape index (κ1) is 12.1. The Bertz CT molecular complexity index is 372. The van der Waals surface area contributed by atoms with Crippen molar-refractivity contribution in [2.75, 3.05) is 43.0 Å². The standard InChI is InChI=1S/C11H20N6/c1-3-16-4-6-17(7-5-16)11-8-10(15-12)13-9(2)14-11/h8H,3-7,12H2,1-2H3,(H,13,14,15). The van der Waals surface area contributed by atoms with Gasteiger partial charge in [0.25, 0.3) is 0 Å². The van der Waals surface area contributed by atoms with E-state index in [-0.39, 0.29) is 0 Å². The zero-order valence-electron chi connectivity index (χ0n) is 10.5. The summed E-state index contributed by atoms with van der Waals surface area (Å²) in [6.07, 6.45) is 0. The molecule has 0 amide bonds. The van der Waals surface area contributed by atoms with Gasteiger partial charge in [0, 0.05) is 32.2 Å². The minimum absolute atomic E-state index is 0.672. The number of piperazine rings is 1. The number of anilines is 2. The van der Waals surface area contributed by atoms with Gasteiger partial charge in [0.05, 0.1) is 0 Å². The Morgan fingerprint density at radius 1 is 1.29 bits per heavy atom. The van der Waals surface area contributed by atoms with E-state index in [1.54, 1.807) is 0 Å². The number of nitrogens with two attached hydrogens (primary N) is 1. The maximum absolute atomic E-state index is 5.39. The fraction of sp³-hybridized carbons (Fsp3) is 0.636. The Morgan fingerprint density at radius 3 is 2.59 bits per heavy atom. The predicted molar refractivity (Wildman–Crippen MR) is 68.9 cm³/mol. The molecule has 94 valence electrons. The second-order valence-corrected chi connectivity index (χ2v) is 4.22. The summed E-state index contributed by atoms with van der Waals surface area (Å²) in [6.45, 7) is 9.39. The smallest absolute Gasteiger partial charge is 0.145 e. The number of rotatable bonds is 3. The monoisotopic (exact) mass is 236 g/mol. The van der Waals surface area contributed by atoms with Gasteiger partial charge < -0.3 is 15.2 Å². The molecule has 1 aromatic rings. The van der Waals surface area contributed by atoms with Crippen LogP contribution in [0.15, 0.2) is 6.07 Å². The van der Waals surface area contributed by atoms with E-state index in [1.807, 2.05) is 13.0 Å². The number of nitrogen functional groups attached to an aromatic ring is 1. The summed E-state index contributed by atoms with van der Waals surface area (Å²) in [7, 11) is 0. The summed E-state index contributed by atoms with van der Waals surface area (Å²) in [5.74, 6) is 7.77. The van der Waals surface area contributed by atoms with Crippen molar-refractivity contribution in [1.29, 1.82) is 0 Å². The van der Waals surface area contributed by atoms with Gasteiger partial charge in [-0.2, -0.15) is 0 Å². The highest BCUT2D eigenvalue weighted by Crippen LogP contribution is 2.16. The molecule has 6 heteroatoms. The molecule has 0 aromatic carbocycles. The quantitative estimate of drug-likeness (QED) is 0.577. The molecule has 1 aliphatic heterocycles. The molecule has 0 radical (unpaired) electrons. The number of hydrogen-bond donors (Lipinski definition) is 2. The third kappa shape index (κ3) is 2.83. The van der Waals surface area contributed by atoms with Crippen LogP contribution in [0.1, 0.15) is 12.7 Å². The average Bonchev–Trinajstić information content (AvgIpc) is 2.38. The SMILES string of the molecule is CCN1CCN(c2cc(NN)nc(C)n2)CC1. The maximum atomic E-state index is 5.39. The van der Waals surface area contributed by atoms with Gasteiger partial charge in [-0.3, -0.25) is 0 Å². The molecule has 1 saturated heterocycles. The van der Waals surface area contributed by atoms with Crippen LogP contribution < -0.4 is 16.2 Å². The molecule has 2 heterocycles. The van der Waals surface area contributed by atoms with E-state index in [1.165, 1.54) is 0 Å². The molecule has 0 saturated carbocycles. The van der Waals surface area contributed by atoms with E-state index >= 15 is 0 Å². The van der Waals surface area contributed by atoms with Crippen LogP contribution in [-0.2, 0) is 0 Å². The second-order valence-electron chi connectivity index (χ2n) is 4.22. The molecule has 3 N–H and O–H groups in total. The van der Waals surface area contributed by atoms with Crippen LogP contribution in [0, 0.1) is 6.92 Å². The van der Waals surface area contributed by atoms with Crippen LogP contribution in [0.2, 0.25) is 0 Å². The molecular weight excluding hydrogens is 216 g/mol. The molecule has 0 aliphatic carbocycles. The van der Waals surface area contributed by atoms with Gasteiger partial charge in [0.15, 0.2) is 0 Å². The Kier molecular flexibility index (Phi) is 3.75. The first-order valence-electron chi connectivity index (χ1n) is 6.02. The summed E-state index contributed by atoms with van der Waals surface area (Å²) in [4.78, 5) is 13.4. The molecule has 1 aromatic heterocycles. The fourth-order valence-electron chi connectivity index (χ4n) is 2.08. The minimum atomic E-state index is 0.672. The molecule has 1 aliphatic rings. The molecule has 2 rings (SSSR count). The topological polar surface area (TPSA) is 70.3 Å². The molecule has 0 bridgehead atoms. The van der Waals surface area contributed by atoms with E-state index in [4.69, 9.17) is 5.84 Å². The highest BCUT2D eigenvalue weighted by atomic mass is 15.3. The van der Waals surface area contributed by atoms with E-state index in [9.17, 15) is 0 Å². The summed E-state index contributed by atoms with van der Waals surface area (Å²) in [6, 6.07) is 1.90. The minimum Gasteiger partial charge on any atom is -0.354 e. The van der Waals surface area contributed by atoms with Crippen molar-refractivity contribution in [3.8, 4) is 0 Å². The van der Waals surface area contributed by atoms with Crippen molar-refractivity contribution >= 4 is 11.6 Å². The van der Waals surface area contributed by atoms with Crippen molar-refractivity contribution < 1.29 is 0 Å². The van der Waals surface area contributed by atoms with Gasteiger partial charge in [-0.1, -0.05) is 6.92 Å². The molecule has 0 unspecified atom stereocenters. The van der Waals surface area contributed by atoms with Gasteiger partial charge >= 0.3 is 0 Å². The highest BCUT2D eigenvalue weighted by Gasteiger charge is 2.17. The van der Waals surface area contributed by atoms with Crippen molar-refractivity contribution in [1.82, 2.24) is 14.9 Å². The van der Waals surface area contributed by atoms with E-state index in [0.717, 1.165) is 44.4 Å². The van der Waals surface area contributed by atoms with Crippen LogP contribution in [0.25, 0.3) is 0 Å². The molecule has 0 atom stereocenters. The average molecular weight is 236 g/mol. The van der Waals surface area contributed by atoms with Crippen LogP contribution in [0.5, 0.6) is 0 Å². The van der Waals surface area contributed by atoms with Crippen LogP contribution >= 0.6 is 0 Å². The number of likely N-dealkylation sites (N-methyl/N-ethyl adjacent to an activating group) is 1. The van der Waals surface area contributed by atoms with Crippen molar-refractivity contribution in [2.24, 2.45) is 5.84 Å². The van der Waals surface area contributed by atoms with Gasteiger partial charge in [-0.25, -0.2) is 15.8 Å². The first-order valence-corrected chi connectivity index (χ1v) is 6.02. The second kappa shape index (κ2) is 5.29. The Labute approximate surface area is 102 Å². The van der Waals surface area contributed by atoms with Crippen molar-refractivity contribution in [2.45, 2.75) is 13.8 Å². The van der Waals surface area contributed by atoms with Crippen molar-refractivity contribution in [3.05, 3.63) is 11.9 Å². The predicted octanol–water partition coefficient (Wildman–Crippen LogP) is 0.213. The Hall–Kier alpha value is -1.40. The molecule has 1 fully saturated rings. The third-order valence-electron chi connectivity index (χ3n) is 3.12. The number of aromatic nitrogens is 2. The number of hydrogen-bond acceptors (Lipinski definition) is 6. The van der Waals surface area contributed by atoms with Gasteiger partial charge in [-0.15, -0.1) is 0 Å². The van der Waals surface area contributed by atoms with Crippen LogP contribution in [-0.4, -0.2) is 47.6 Å². The zero-order valence-corrected chi connectivity index (χ0v) is 10.5. The van der Waals surface area contributed by atoms with E-state index in [0.29, 0.717) is 5.82 Å². The lowest BCUT2D eigenvalue weighted by molar-refractivity contribution is 0.270. The van der Waals surface area contributed by atoms with Crippen LogP contribution in [0.3, 0.4) is 0 Å². The Balaban J connectivity index is 2.10. The van der Waals surface area contributed by atoms with Gasteiger partial charge in [0.1, 0.15) is 17.5 Å². The summed E-state index contributed by atoms with van der Waals surface area (Å²) >= 11 is 0. The lowest BCUT2D eigenvalue weighted by Crippen LogP contribution is -2.46. The Morgan fingerprint density at radius 2 is 2.00 bits per heavy atom. The summed E-state index contributed by atoms with van der Waals surface area (Å²) < 4.78 is 0. The van der Waals surface area contributed by atoms with Crippen molar-refractivity contribution in [3.63, 3.8) is 0 Å². The van der Waals surface area contributed by atoms with Crippen LogP contribution in [0.4, 0.5) is 11.6 Å². The first-order chi connectivity index (χ1) is 8.22. The fourth-order valence-corrected chi connectivity index (χ4v) is 2.08. The largest absolute Gasteiger partial charge is 0.354 e. The maximum Gasteiger partial charge on any atom is 0.145 e. The lowest BCUT2D eigenvalue weighted by atomic mass is 10.3. The number of aryl methyl sites for hydroxylation is 1. The van der Waals surface area contributed by atoms with E-state index in [2.05, 4.69) is 32.1 Å². The van der Waals surface area contributed by atoms with E-state index < -0.39 is 0 Å². The molecule has 6 nitrogen and oxygen atoms in total. The zero-order chi connectivity index (χ0) is 12.3. The van der Waals surface area contributed by atoms with Gasteiger partial charge in [0.2, 0.25) is 0 Å². The summed E-state index contributed by atoms with van der Waals surface area (Å²) in [5.41, 5.74) is 2.58. The lowest BCUT2D eigenvalue weighted by Gasteiger charge is -2.34. The van der Waals surface area contributed by atoms with Gasteiger partial charge in [-0.05, 0) is 13.5 Å². The molecular formula is C11H20N6. The molecule has 0 spiro atoms. The molecule has 17 heavy (non-hydrogen) atoms.